The van der Waals surface area contributed by atoms with Crippen LogP contribution in [-0.2, 0) is 26.0 Å². The first-order chi connectivity index (χ1) is 12.8. The summed E-state index contributed by atoms with van der Waals surface area (Å²) in [5.74, 6) is -1.77. The van der Waals surface area contributed by atoms with Crippen LogP contribution in [0.4, 0.5) is 0 Å². The fraction of sp³-hybridized carbons (Fsp3) is 0.579. The van der Waals surface area contributed by atoms with Gasteiger partial charge in [-0.2, -0.15) is 4.31 Å². The van der Waals surface area contributed by atoms with Crippen molar-refractivity contribution in [3.8, 4) is 0 Å². The molecule has 1 amide bonds. The Morgan fingerprint density at radius 2 is 1.78 bits per heavy atom. The molecule has 1 fully saturated rings. The molecule has 2 N–H and O–H groups in total. The molecule has 27 heavy (non-hydrogen) atoms. The van der Waals surface area contributed by atoms with Crippen molar-refractivity contribution in [1.82, 2.24) is 9.62 Å². The number of amides is 1. The van der Waals surface area contributed by atoms with Crippen molar-refractivity contribution in [2.75, 3.05) is 19.6 Å². The van der Waals surface area contributed by atoms with Gasteiger partial charge in [-0.05, 0) is 37.0 Å². The number of benzene rings is 1. The van der Waals surface area contributed by atoms with E-state index in [2.05, 4.69) is 5.32 Å². The smallest absolute Gasteiger partial charge is 0.308 e. The topological polar surface area (TPSA) is 104 Å². The molecule has 1 aromatic rings. The van der Waals surface area contributed by atoms with E-state index < -0.39 is 21.9 Å². The molecule has 8 heteroatoms. The number of aliphatic carboxylic acids is 1. The van der Waals surface area contributed by atoms with E-state index in [1.807, 2.05) is 6.92 Å². The standard InChI is InChI=1S/C19H28N2O5S/c1-2-6-16(19(23)24)14-20-18(22)13-15-7-9-17(10-8-15)27(25,26)21-11-4-3-5-12-21/h7-10,16H,2-6,11-14H2,1H3,(H,20,22)(H,23,24). The van der Waals surface area contributed by atoms with Gasteiger partial charge in [0.1, 0.15) is 0 Å². The third-order valence-corrected chi connectivity index (χ3v) is 6.69. The lowest BCUT2D eigenvalue weighted by Crippen LogP contribution is -2.35. The van der Waals surface area contributed by atoms with E-state index in [1.54, 1.807) is 12.1 Å². The lowest BCUT2D eigenvalue weighted by Gasteiger charge is -2.25. The Labute approximate surface area is 160 Å². The third-order valence-electron chi connectivity index (χ3n) is 4.77. The number of carbonyl (C=O) groups is 2. The number of piperidine rings is 1. The van der Waals surface area contributed by atoms with Crippen molar-refractivity contribution in [2.24, 2.45) is 5.92 Å². The molecule has 7 nitrogen and oxygen atoms in total. The van der Waals surface area contributed by atoms with E-state index in [0.717, 1.165) is 25.7 Å². The minimum Gasteiger partial charge on any atom is -0.481 e. The minimum atomic E-state index is -3.48. The lowest BCUT2D eigenvalue weighted by molar-refractivity contribution is -0.141. The largest absolute Gasteiger partial charge is 0.481 e. The first kappa shape index (κ1) is 21.4. The van der Waals surface area contributed by atoms with Crippen LogP contribution in [0.2, 0.25) is 0 Å². The Kier molecular flexibility index (Phi) is 7.79. The predicted octanol–water partition coefficient (Wildman–Crippen LogP) is 2.02. The summed E-state index contributed by atoms with van der Waals surface area (Å²) in [6.07, 6.45) is 4.15. The maximum Gasteiger partial charge on any atom is 0.308 e. The highest BCUT2D eigenvalue weighted by atomic mass is 32.2. The quantitative estimate of drug-likeness (QED) is 0.665. The molecule has 2 rings (SSSR count). The van der Waals surface area contributed by atoms with Crippen molar-refractivity contribution in [1.29, 1.82) is 0 Å². The average Bonchev–Trinajstić information content (AvgIpc) is 2.66. The van der Waals surface area contributed by atoms with Gasteiger partial charge in [0.05, 0.1) is 17.2 Å². The molecule has 1 saturated heterocycles. The molecular weight excluding hydrogens is 368 g/mol. The molecule has 0 radical (unpaired) electrons. The van der Waals surface area contributed by atoms with Gasteiger partial charge in [0.2, 0.25) is 15.9 Å². The zero-order chi connectivity index (χ0) is 19.9. The Bertz CT molecular complexity index is 740. The van der Waals surface area contributed by atoms with Crippen LogP contribution in [0.5, 0.6) is 0 Å². The van der Waals surface area contributed by atoms with E-state index in [4.69, 9.17) is 5.11 Å². The van der Waals surface area contributed by atoms with Gasteiger partial charge in [-0.1, -0.05) is 31.9 Å². The summed E-state index contributed by atoms with van der Waals surface area (Å²) in [7, 11) is -3.48. The molecule has 1 unspecified atom stereocenters. The summed E-state index contributed by atoms with van der Waals surface area (Å²) in [6, 6.07) is 6.33. The normalized spacial score (nSPS) is 16.6. The highest BCUT2D eigenvalue weighted by molar-refractivity contribution is 7.89. The number of carboxylic acids is 1. The van der Waals surface area contributed by atoms with Crippen LogP contribution in [0.3, 0.4) is 0 Å². The van der Waals surface area contributed by atoms with Gasteiger partial charge >= 0.3 is 5.97 Å². The summed E-state index contributed by atoms with van der Waals surface area (Å²) in [5.41, 5.74) is 0.687. The molecule has 0 aromatic heterocycles. The van der Waals surface area contributed by atoms with Gasteiger partial charge in [0, 0.05) is 19.6 Å². The SMILES string of the molecule is CCCC(CNC(=O)Cc1ccc(S(=O)(=O)N2CCCCC2)cc1)C(=O)O. The molecule has 0 bridgehead atoms. The molecule has 0 spiro atoms. The average molecular weight is 397 g/mol. The van der Waals surface area contributed by atoms with Crippen LogP contribution in [0.25, 0.3) is 0 Å². The predicted molar refractivity (Wildman–Crippen MR) is 102 cm³/mol. The van der Waals surface area contributed by atoms with Gasteiger partial charge in [-0.25, -0.2) is 8.42 Å². The monoisotopic (exact) mass is 396 g/mol. The second-order valence-corrected chi connectivity index (χ2v) is 8.85. The summed E-state index contributed by atoms with van der Waals surface area (Å²) < 4.78 is 26.7. The van der Waals surface area contributed by atoms with Gasteiger partial charge < -0.3 is 10.4 Å². The number of sulfonamides is 1. The lowest BCUT2D eigenvalue weighted by atomic mass is 10.0. The minimum absolute atomic E-state index is 0.0858. The van der Waals surface area contributed by atoms with Gasteiger partial charge in [-0.15, -0.1) is 0 Å². The molecule has 150 valence electrons. The van der Waals surface area contributed by atoms with Crippen LogP contribution in [0, 0.1) is 5.92 Å². The summed E-state index contributed by atoms with van der Waals surface area (Å²) in [6.45, 7) is 3.10. The Balaban J connectivity index is 1.93. The van der Waals surface area contributed by atoms with Crippen LogP contribution in [-0.4, -0.2) is 49.3 Å². The first-order valence-corrected chi connectivity index (χ1v) is 10.9. The summed E-state index contributed by atoms with van der Waals surface area (Å²) in [5, 5.41) is 11.8. The molecule has 0 saturated carbocycles. The van der Waals surface area contributed by atoms with Crippen molar-refractivity contribution >= 4 is 21.9 Å². The number of nitrogens with zero attached hydrogens (tertiary/aromatic N) is 1. The fourth-order valence-corrected chi connectivity index (χ4v) is 4.70. The number of hydrogen-bond acceptors (Lipinski definition) is 4. The molecule has 1 aliphatic heterocycles. The second-order valence-electron chi connectivity index (χ2n) is 6.91. The van der Waals surface area contributed by atoms with Crippen LogP contribution in [0.1, 0.15) is 44.6 Å². The van der Waals surface area contributed by atoms with Crippen LogP contribution < -0.4 is 5.32 Å². The maximum atomic E-state index is 12.6. The highest BCUT2D eigenvalue weighted by Crippen LogP contribution is 2.21. The van der Waals surface area contributed by atoms with Crippen molar-refractivity contribution < 1.29 is 23.1 Å². The number of rotatable bonds is 9. The van der Waals surface area contributed by atoms with Crippen LogP contribution >= 0.6 is 0 Å². The number of nitrogens with one attached hydrogen (secondary N) is 1. The van der Waals surface area contributed by atoms with E-state index in [0.29, 0.717) is 25.1 Å². The zero-order valence-corrected chi connectivity index (χ0v) is 16.5. The van der Waals surface area contributed by atoms with Gasteiger partial charge in [-0.3, -0.25) is 9.59 Å². The molecule has 1 heterocycles. The highest BCUT2D eigenvalue weighted by Gasteiger charge is 2.25. The van der Waals surface area contributed by atoms with E-state index in [1.165, 1.54) is 16.4 Å². The molecule has 1 aromatic carbocycles. The van der Waals surface area contributed by atoms with E-state index in [9.17, 15) is 18.0 Å². The van der Waals surface area contributed by atoms with Gasteiger partial charge in [0.15, 0.2) is 0 Å². The van der Waals surface area contributed by atoms with E-state index in [-0.39, 0.29) is 23.8 Å². The van der Waals surface area contributed by atoms with Crippen LogP contribution in [0.15, 0.2) is 29.2 Å². The zero-order valence-electron chi connectivity index (χ0n) is 15.7. The van der Waals surface area contributed by atoms with Crippen molar-refractivity contribution in [2.45, 2.75) is 50.3 Å². The Morgan fingerprint density at radius 3 is 2.33 bits per heavy atom. The molecule has 1 aliphatic rings. The second kappa shape index (κ2) is 9.85. The molecular formula is C19H28N2O5S. The van der Waals surface area contributed by atoms with Crippen molar-refractivity contribution in [3.05, 3.63) is 29.8 Å². The number of carbonyl (C=O) groups excluding carboxylic acids is 1. The number of carboxylic acid groups (broad SMARTS) is 1. The molecule has 1 atom stereocenters. The van der Waals surface area contributed by atoms with Crippen molar-refractivity contribution in [3.63, 3.8) is 0 Å². The maximum absolute atomic E-state index is 12.6. The molecule has 0 aliphatic carbocycles. The third kappa shape index (κ3) is 6.04. The van der Waals surface area contributed by atoms with Gasteiger partial charge in [0.25, 0.3) is 0 Å². The van der Waals surface area contributed by atoms with E-state index >= 15 is 0 Å². The number of hydrogen-bond donors (Lipinski definition) is 2. The Hall–Kier alpha value is -1.93. The Morgan fingerprint density at radius 1 is 1.15 bits per heavy atom. The summed E-state index contributed by atoms with van der Waals surface area (Å²) >= 11 is 0. The fourth-order valence-electron chi connectivity index (χ4n) is 3.18. The first-order valence-electron chi connectivity index (χ1n) is 9.43. The summed E-state index contributed by atoms with van der Waals surface area (Å²) in [4.78, 5) is 23.4.